The lowest BCUT2D eigenvalue weighted by Gasteiger charge is -2.20. The van der Waals surface area contributed by atoms with Crippen molar-refractivity contribution in [2.24, 2.45) is 5.92 Å². The van der Waals surface area contributed by atoms with E-state index >= 15 is 0 Å². The van der Waals surface area contributed by atoms with Crippen molar-refractivity contribution in [2.75, 3.05) is 19.6 Å². The molecule has 0 aliphatic carbocycles. The van der Waals surface area contributed by atoms with Crippen molar-refractivity contribution in [3.8, 4) is 0 Å². The Bertz CT molecular complexity index is 263. The molecule has 0 aliphatic rings. The Morgan fingerprint density at radius 2 is 1.78 bits per heavy atom. The predicted molar refractivity (Wildman–Crippen MR) is 71.4 cm³/mol. The number of carboxylic acids is 1. The Morgan fingerprint density at radius 1 is 1.22 bits per heavy atom. The summed E-state index contributed by atoms with van der Waals surface area (Å²) >= 11 is 0. The van der Waals surface area contributed by atoms with Gasteiger partial charge in [0.15, 0.2) is 0 Å². The third-order valence-corrected chi connectivity index (χ3v) is 2.98. The van der Waals surface area contributed by atoms with Gasteiger partial charge in [-0.3, -0.25) is 9.59 Å². The predicted octanol–water partition coefficient (Wildman–Crippen LogP) is 1.33. The Labute approximate surface area is 110 Å². The highest BCUT2D eigenvalue weighted by atomic mass is 16.4. The van der Waals surface area contributed by atoms with Crippen molar-refractivity contribution in [3.05, 3.63) is 0 Å². The zero-order chi connectivity index (χ0) is 14.1. The van der Waals surface area contributed by atoms with Crippen molar-refractivity contribution in [1.82, 2.24) is 10.2 Å². The van der Waals surface area contributed by atoms with E-state index in [1.165, 1.54) is 0 Å². The minimum atomic E-state index is -0.833. The standard InChI is InChI=1S/C13H26N2O3/c1-5-15(6-2)11(16)8-7-9-14-12(10(3)4)13(17)18/h10,12,14H,5-9H2,1-4H3,(H,17,18). The summed E-state index contributed by atoms with van der Waals surface area (Å²) in [6, 6.07) is -0.534. The first-order valence-corrected chi connectivity index (χ1v) is 6.67. The second-order valence-electron chi connectivity index (χ2n) is 4.68. The topological polar surface area (TPSA) is 69.6 Å². The van der Waals surface area contributed by atoms with Crippen LogP contribution in [-0.4, -0.2) is 47.6 Å². The molecule has 0 bridgehead atoms. The lowest BCUT2D eigenvalue weighted by Crippen LogP contribution is -2.41. The second kappa shape index (κ2) is 8.91. The van der Waals surface area contributed by atoms with Crippen LogP contribution in [0.25, 0.3) is 0 Å². The number of amides is 1. The van der Waals surface area contributed by atoms with Crippen LogP contribution in [0.3, 0.4) is 0 Å². The van der Waals surface area contributed by atoms with Gasteiger partial charge < -0.3 is 15.3 Å². The van der Waals surface area contributed by atoms with Crippen LogP contribution in [0.2, 0.25) is 0 Å². The molecule has 0 aromatic carbocycles. The zero-order valence-corrected chi connectivity index (χ0v) is 11.9. The van der Waals surface area contributed by atoms with Crippen molar-refractivity contribution in [2.45, 2.75) is 46.6 Å². The molecule has 0 aromatic heterocycles. The van der Waals surface area contributed by atoms with Crippen LogP contribution < -0.4 is 5.32 Å². The fraction of sp³-hybridized carbons (Fsp3) is 0.846. The molecule has 1 atom stereocenters. The van der Waals surface area contributed by atoms with Crippen LogP contribution >= 0.6 is 0 Å². The number of carbonyl (C=O) groups excluding carboxylic acids is 1. The highest BCUT2D eigenvalue weighted by Gasteiger charge is 2.20. The van der Waals surface area contributed by atoms with Gasteiger partial charge in [-0.05, 0) is 32.7 Å². The van der Waals surface area contributed by atoms with Crippen molar-refractivity contribution in [1.29, 1.82) is 0 Å². The first kappa shape index (κ1) is 16.9. The van der Waals surface area contributed by atoms with E-state index in [0.717, 1.165) is 13.1 Å². The minimum Gasteiger partial charge on any atom is -0.480 e. The molecule has 18 heavy (non-hydrogen) atoms. The molecule has 0 saturated heterocycles. The zero-order valence-electron chi connectivity index (χ0n) is 11.9. The highest BCUT2D eigenvalue weighted by Crippen LogP contribution is 2.03. The summed E-state index contributed by atoms with van der Waals surface area (Å²) in [6.45, 7) is 9.67. The molecule has 5 heteroatoms. The van der Waals surface area contributed by atoms with Crippen LogP contribution in [-0.2, 0) is 9.59 Å². The van der Waals surface area contributed by atoms with Gasteiger partial charge >= 0.3 is 5.97 Å². The van der Waals surface area contributed by atoms with Gasteiger partial charge in [0, 0.05) is 19.5 Å². The van der Waals surface area contributed by atoms with E-state index in [4.69, 9.17) is 5.11 Å². The molecule has 0 aromatic rings. The summed E-state index contributed by atoms with van der Waals surface area (Å²) in [6.07, 6.45) is 1.14. The Hall–Kier alpha value is -1.10. The van der Waals surface area contributed by atoms with E-state index in [-0.39, 0.29) is 11.8 Å². The molecule has 0 rings (SSSR count). The molecule has 1 unspecified atom stereocenters. The monoisotopic (exact) mass is 258 g/mol. The maximum atomic E-state index is 11.7. The van der Waals surface area contributed by atoms with Crippen LogP contribution in [0.1, 0.15) is 40.5 Å². The highest BCUT2D eigenvalue weighted by molar-refractivity contribution is 5.76. The number of nitrogens with zero attached hydrogens (tertiary/aromatic N) is 1. The summed E-state index contributed by atoms with van der Waals surface area (Å²) in [5.74, 6) is -0.653. The van der Waals surface area contributed by atoms with Gasteiger partial charge in [0.05, 0.1) is 0 Å². The normalized spacial score (nSPS) is 12.5. The van der Waals surface area contributed by atoms with Crippen LogP contribution in [0.4, 0.5) is 0 Å². The fourth-order valence-corrected chi connectivity index (χ4v) is 1.84. The summed E-state index contributed by atoms with van der Waals surface area (Å²) in [4.78, 5) is 24.4. The van der Waals surface area contributed by atoms with E-state index < -0.39 is 12.0 Å². The summed E-state index contributed by atoms with van der Waals surface area (Å²) in [7, 11) is 0. The molecule has 0 spiro atoms. The smallest absolute Gasteiger partial charge is 0.320 e. The summed E-state index contributed by atoms with van der Waals surface area (Å²) in [5.41, 5.74) is 0. The van der Waals surface area contributed by atoms with Gasteiger partial charge in [-0.1, -0.05) is 13.8 Å². The van der Waals surface area contributed by atoms with E-state index in [2.05, 4.69) is 5.32 Å². The fourth-order valence-electron chi connectivity index (χ4n) is 1.84. The third kappa shape index (κ3) is 6.00. The average Bonchev–Trinajstić information content (AvgIpc) is 2.29. The molecule has 1 amide bonds. The first-order chi connectivity index (χ1) is 8.43. The Balaban J connectivity index is 3.91. The van der Waals surface area contributed by atoms with Crippen LogP contribution in [0, 0.1) is 5.92 Å². The van der Waals surface area contributed by atoms with Crippen molar-refractivity contribution in [3.63, 3.8) is 0 Å². The molecule has 2 N–H and O–H groups in total. The largest absolute Gasteiger partial charge is 0.480 e. The number of hydrogen-bond donors (Lipinski definition) is 2. The number of nitrogens with one attached hydrogen (secondary N) is 1. The van der Waals surface area contributed by atoms with Gasteiger partial charge in [0.25, 0.3) is 0 Å². The third-order valence-electron chi connectivity index (χ3n) is 2.98. The summed E-state index contributed by atoms with van der Waals surface area (Å²) < 4.78 is 0. The summed E-state index contributed by atoms with van der Waals surface area (Å²) in [5, 5.41) is 12.0. The minimum absolute atomic E-state index is 0.0426. The molecule has 0 aliphatic heterocycles. The molecule has 0 heterocycles. The lowest BCUT2D eigenvalue weighted by atomic mass is 10.0. The van der Waals surface area contributed by atoms with E-state index in [1.807, 2.05) is 27.7 Å². The Kier molecular flexibility index (Phi) is 8.37. The SMILES string of the molecule is CCN(CC)C(=O)CCCNC(C(=O)O)C(C)C. The average molecular weight is 258 g/mol. The van der Waals surface area contributed by atoms with Gasteiger partial charge in [-0.2, -0.15) is 0 Å². The van der Waals surface area contributed by atoms with Crippen molar-refractivity contribution < 1.29 is 14.7 Å². The maximum absolute atomic E-state index is 11.7. The molecule has 0 radical (unpaired) electrons. The van der Waals surface area contributed by atoms with E-state index in [9.17, 15) is 9.59 Å². The number of rotatable bonds is 9. The van der Waals surface area contributed by atoms with E-state index in [1.54, 1.807) is 4.90 Å². The maximum Gasteiger partial charge on any atom is 0.320 e. The Morgan fingerprint density at radius 3 is 2.17 bits per heavy atom. The molecular weight excluding hydrogens is 232 g/mol. The molecule has 5 nitrogen and oxygen atoms in total. The number of carboxylic acid groups (broad SMARTS) is 1. The number of aliphatic carboxylic acids is 1. The van der Waals surface area contributed by atoms with Gasteiger partial charge in [0.1, 0.15) is 6.04 Å². The van der Waals surface area contributed by atoms with Crippen LogP contribution in [0.15, 0.2) is 0 Å². The molecule has 0 fully saturated rings. The number of hydrogen-bond acceptors (Lipinski definition) is 3. The van der Waals surface area contributed by atoms with Crippen molar-refractivity contribution >= 4 is 11.9 Å². The second-order valence-corrected chi connectivity index (χ2v) is 4.68. The first-order valence-electron chi connectivity index (χ1n) is 6.67. The van der Waals surface area contributed by atoms with Gasteiger partial charge in [0.2, 0.25) is 5.91 Å². The van der Waals surface area contributed by atoms with Crippen LogP contribution in [0.5, 0.6) is 0 Å². The van der Waals surface area contributed by atoms with Gasteiger partial charge in [-0.15, -0.1) is 0 Å². The molecule has 0 saturated carbocycles. The lowest BCUT2D eigenvalue weighted by molar-refractivity contribution is -0.140. The quantitative estimate of drug-likeness (QED) is 0.612. The van der Waals surface area contributed by atoms with E-state index in [0.29, 0.717) is 19.4 Å². The van der Waals surface area contributed by atoms with Gasteiger partial charge in [-0.25, -0.2) is 0 Å². The molecule has 106 valence electrons. The number of carbonyl (C=O) groups is 2. The molecular formula is C13H26N2O3.